The Morgan fingerprint density at radius 3 is 2.58 bits per heavy atom. The molecule has 1 aliphatic heterocycles. The number of nitrogens with one attached hydrogen (secondary N) is 1. The summed E-state index contributed by atoms with van der Waals surface area (Å²) in [6.45, 7) is 0.751. The summed E-state index contributed by atoms with van der Waals surface area (Å²) < 4.78 is 74.8. The molecule has 0 atom stereocenters. The summed E-state index contributed by atoms with van der Waals surface area (Å²) in [7, 11) is -4.10. The molecule has 0 radical (unpaired) electrons. The predicted molar refractivity (Wildman–Crippen MR) is 76.8 cm³/mol. The first-order valence-electron chi connectivity index (χ1n) is 6.50. The van der Waals surface area contributed by atoms with E-state index in [4.69, 9.17) is 9.47 Å². The number of halogens is 3. The highest BCUT2D eigenvalue weighted by Crippen LogP contribution is 2.32. The molecule has 3 rings (SSSR count). The van der Waals surface area contributed by atoms with Crippen LogP contribution in [-0.4, -0.2) is 31.6 Å². The third-order valence-corrected chi connectivity index (χ3v) is 5.77. The van der Waals surface area contributed by atoms with Gasteiger partial charge in [0.1, 0.15) is 0 Å². The summed E-state index contributed by atoms with van der Waals surface area (Å²) >= 11 is 0.812. The molecule has 7 nitrogen and oxygen atoms in total. The standard InChI is InChI=1S/C12H10F3N3O4S2/c13-12(14,15)7-3-8(5-16-4-7)18-24(19,20)9-6-17-10(23-9)11-21-1-2-22-11/h3-6,11,18H,1-2H2. The van der Waals surface area contributed by atoms with Crippen molar-refractivity contribution < 1.29 is 31.1 Å². The first-order valence-corrected chi connectivity index (χ1v) is 8.80. The van der Waals surface area contributed by atoms with E-state index in [2.05, 4.69) is 9.97 Å². The first kappa shape index (κ1) is 17.1. The second-order valence-electron chi connectivity index (χ2n) is 4.66. The van der Waals surface area contributed by atoms with Crippen molar-refractivity contribution in [1.82, 2.24) is 9.97 Å². The molecule has 0 spiro atoms. The molecule has 130 valence electrons. The number of alkyl halides is 3. The molecule has 1 saturated heterocycles. The highest BCUT2D eigenvalue weighted by atomic mass is 32.2. The Morgan fingerprint density at radius 1 is 1.21 bits per heavy atom. The van der Waals surface area contributed by atoms with Crippen molar-refractivity contribution >= 4 is 27.0 Å². The van der Waals surface area contributed by atoms with Gasteiger partial charge >= 0.3 is 6.18 Å². The topological polar surface area (TPSA) is 90.4 Å². The van der Waals surface area contributed by atoms with Gasteiger partial charge in [0.15, 0.2) is 9.22 Å². The van der Waals surface area contributed by atoms with Crippen molar-refractivity contribution in [3.63, 3.8) is 0 Å². The van der Waals surface area contributed by atoms with Crippen LogP contribution in [-0.2, 0) is 25.7 Å². The van der Waals surface area contributed by atoms with E-state index in [9.17, 15) is 21.6 Å². The van der Waals surface area contributed by atoms with E-state index in [1.165, 1.54) is 0 Å². The fourth-order valence-corrected chi connectivity index (χ4v) is 4.05. The van der Waals surface area contributed by atoms with E-state index in [1.807, 2.05) is 4.72 Å². The molecule has 3 heterocycles. The third-order valence-electron chi connectivity index (χ3n) is 2.91. The number of hydrogen-bond acceptors (Lipinski definition) is 7. The van der Waals surface area contributed by atoms with Gasteiger partial charge in [0.25, 0.3) is 10.0 Å². The maximum absolute atomic E-state index is 12.6. The van der Waals surface area contributed by atoms with Crippen LogP contribution in [0.25, 0.3) is 0 Å². The summed E-state index contributed by atoms with van der Waals surface area (Å²) in [5.74, 6) is 0. The monoisotopic (exact) mass is 381 g/mol. The molecule has 1 fully saturated rings. The number of hydrogen-bond donors (Lipinski definition) is 1. The Balaban J connectivity index is 1.81. The van der Waals surface area contributed by atoms with Gasteiger partial charge in [-0.25, -0.2) is 13.4 Å². The number of anilines is 1. The van der Waals surface area contributed by atoms with Crippen LogP contribution < -0.4 is 4.72 Å². The van der Waals surface area contributed by atoms with E-state index < -0.39 is 28.1 Å². The van der Waals surface area contributed by atoms with Gasteiger partial charge < -0.3 is 9.47 Å². The smallest absolute Gasteiger partial charge is 0.344 e. The second-order valence-corrected chi connectivity index (χ2v) is 7.63. The van der Waals surface area contributed by atoms with E-state index in [0.717, 1.165) is 23.7 Å². The zero-order valence-corrected chi connectivity index (χ0v) is 13.4. The maximum Gasteiger partial charge on any atom is 0.417 e. The van der Waals surface area contributed by atoms with Crippen LogP contribution in [0, 0.1) is 0 Å². The fraction of sp³-hybridized carbons (Fsp3) is 0.333. The first-order chi connectivity index (χ1) is 11.3. The third kappa shape index (κ3) is 3.66. The van der Waals surface area contributed by atoms with Crippen LogP contribution >= 0.6 is 11.3 Å². The van der Waals surface area contributed by atoms with E-state index >= 15 is 0 Å². The van der Waals surface area contributed by atoms with Crippen LogP contribution in [0.4, 0.5) is 18.9 Å². The van der Waals surface area contributed by atoms with Crippen LogP contribution in [0.15, 0.2) is 28.9 Å². The number of pyridine rings is 1. The minimum atomic E-state index is -4.62. The SMILES string of the molecule is O=S(=O)(Nc1cncc(C(F)(F)F)c1)c1cnc(C2OCCO2)s1. The quantitative estimate of drug-likeness (QED) is 0.875. The molecule has 12 heteroatoms. The van der Waals surface area contributed by atoms with Crippen molar-refractivity contribution in [1.29, 1.82) is 0 Å². The Morgan fingerprint density at radius 2 is 1.92 bits per heavy atom. The lowest BCUT2D eigenvalue weighted by atomic mass is 10.2. The highest BCUT2D eigenvalue weighted by Gasteiger charge is 2.32. The molecule has 2 aromatic rings. The van der Waals surface area contributed by atoms with Crippen LogP contribution in [0.3, 0.4) is 0 Å². The Labute approximate surface area is 138 Å². The molecule has 0 bridgehead atoms. The summed E-state index contributed by atoms with van der Waals surface area (Å²) in [4.78, 5) is 7.31. The molecule has 0 aromatic carbocycles. The van der Waals surface area contributed by atoms with E-state index in [-0.39, 0.29) is 9.90 Å². The van der Waals surface area contributed by atoms with Gasteiger partial charge in [-0.15, -0.1) is 11.3 Å². The van der Waals surface area contributed by atoms with Crippen LogP contribution in [0.2, 0.25) is 0 Å². The lowest BCUT2D eigenvalue weighted by Crippen LogP contribution is -2.13. The molecule has 1 N–H and O–H groups in total. The molecule has 0 saturated carbocycles. The summed E-state index contributed by atoms with van der Waals surface area (Å²) in [5, 5.41) is 0.315. The zero-order chi connectivity index (χ0) is 17.4. The van der Waals surface area contributed by atoms with Gasteiger partial charge in [-0.2, -0.15) is 13.2 Å². The van der Waals surface area contributed by atoms with Crippen molar-refractivity contribution in [2.75, 3.05) is 17.9 Å². The molecule has 1 aliphatic rings. The number of ether oxygens (including phenoxy) is 2. The van der Waals surface area contributed by atoms with E-state index in [1.54, 1.807) is 0 Å². The summed E-state index contributed by atoms with van der Waals surface area (Å²) in [6.07, 6.45) is -2.67. The number of rotatable bonds is 4. The highest BCUT2D eigenvalue weighted by molar-refractivity contribution is 7.94. The predicted octanol–water partition coefficient (Wildman–Crippen LogP) is 2.40. The van der Waals surface area contributed by atoms with Gasteiger partial charge in [0, 0.05) is 6.20 Å². The molecule has 0 aliphatic carbocycles. The maximum atomic E-state index is 12.6. The number of thiazole rings is 1. The second kappa shape index (κ2) is 6.27. The van der Waals surface area contributed by atoms with Crippen molar-refractivity contribution in [3.05, 3.63) is 35.2 Å². The number of nitrogens with zero attached hydrogens (tertiary/aromatic N) is 2. The van der Waals surface area contributed by atoms with E-state index in [0.29, 0.717) is 30.5 Å². The normalized spacial score (nSPS) is 16.5. The lowest BCUT2D eigenvalue weighted by Gasteiger charge is -2.09. The molecule has 0 unspecified atom stereocenters. The molecular formula is C12H10F3N3O4S2. The van der Waals surface area contributed by atoms with Crippen molar-refractivity contribution in [3.8, 4) is 0 Å². The van der Waals surface area contributed by atoms with Gasteiger partial charge in [0.2, 0.25) is 6.29 Å². The Hall–Kier alpha value is -1.76. The lowest BCUT2D eigenvalue weighted by molar-refractivity contribution is -0.137. The fourth-order valence-electron chi connectivity index (χ4n) is 1.86. The number of sulfonamides is 1. The average molecular weight is 381 g/mol. The molecule has 24 heavy (non-hydrogen) atoms. The summed E-state index contributed by atoms with van der Waals surface area (Å²) in [6, 6.07) is 0.662. The van der Waals surface area contributed by atoms with Crippen LogP contribution in [0.5, 0.6) is 0 Å². The van der Waals surface area contributed by atoms with Crippen molar-refractivity contribution in [2.45, 2.75) is 16.7 Å². The minimum absolute atomic E-state index is 0.172. The zero-order valence-electron chi connectivity index (χ0n) is 11.8. The summed E-state index contributed by atoms with van der Waals surface area (Å²) in [5.41, 5.74) is -1.35. The molecule has 2 aromatic heterocycles. The minimum Gasteiger partial charge on any atom is -0.344 e. The van der Waals surface area contributed by atoms with Gasteiger partial charge in [-0.3, -0.25) is 9.71 Å². The van der Waals surface area contributed by atoms with Gasteiger partial charge in [-0.05, 0) is 6.07 Å². The Kier molecular flexibility index (Phi) is 4.46. The number of aromatic nitrogens is 2. The molecule has 0 amide bonds. The van der Waals surface area contributed by atoms with Gasteiger partial charge in [0.05, 0.1) is 36.9 Å². The largest absolute Gasteiger partial charge is 0.417 e. The average Bonchev–Trinajstić information content (AvgIpc) is 3.17. The Bertz CT molecular complexity index is 832. The van der Waals surface area contributed by atoms with Crippen LogP contribution in [0.1, 0.15) is 16.9 Å². The van der Waals surface area contributed by atoms with Gasteiger partial charge in [-0.1, -0.05) is 0 Å². The molecular weight excluding hydrogens is 371 g/mol. The van der Waals surface area contributed by atoms with Crippen molar-refractivity contribution in [2.24, 2.45) is 0 Å².